The minimum atomic E-state index is -1.49. The van der Waals surface area contributed by atoms with Crippen molar-refractivity contribution in [2.75, 3.05) is 18.5 Å². The molecule has 8 heteroatoms. The van der Waals surface area contributed by atoms with E-state index in [4.69, 9.17) is 15.2 Å². The normalized spacial score (nSPS) is 29.8. The van der Waals surface area contributed by atoms with E-state index >= 15 is 0 Å². The summed E-state index contributed by atoms with van der Waals surface area (Å²) in [6.45, 7) is 5.55. The Morgan fingerprint density at radius 1 is 1.22 bits per heavy atom. The van der Waals surface area contributed by atoms with Crippen molar-refractivity contribution >= 4 is 17.4 Å². The molecule has 0 spiro atoms. The fraction of sp³-hybridized carbons (Fsp3) is 0.474. The van der Waals surface area contributed by atoms with Crippen LogP contribution in [0.1, 0.15) is 32.3 Å². The number of hydrogen-bond acceptors (Lipinski definition) is 6. The van der Waals surface area contributed by atoms with Gasteiger partial charge in [0, 0.05) is 18.5 Å². The van der Waals surface area contributed by atoms with Gasteiger partial charge in [0.1, 0.15) is 0 Å². The van der Waals surface area contributed by atoms with Gasteiger partial charge in [-0.25, -0.2) is 4.99 Å². The van der Waals surface area contributed by atoms with Crippen LogP contribution in [0.2, 0.25) is 0 Å². The number of ether oxygens (including phenoxy) is 2. The third kappa shape index (κ3) is 2.21. The number of nitrogens with zero attached hydrogens (tertiary/aromatic N) is 2. The number of amidine groups is 1. The van der Waals surface area contributed by atoms with Crippen molar-refractivity contribution in [1.82, 2.24) is 0 Å². The van der Waals surface area contributed by atoms with E-state index in [0.717, 1.165) is 5.56 Å². The first-order valence-electron chi connectivity index (χ1n) is 8.78. The van der Waals surface area contributed by atoms with E-state index in [0.29, 0.717) is 5.69 Å². The molecule has 1 saturated carbocycles. The lowest BCUT2D eigenvalue weighted by Crippen LogP contribution is -2.91. The van der Waals surface area contributed by atoms with Crippen LogP contribution in [-0.4, -0.2) is 30.9 Å². The summed E-state index contributed by atoms with van der Waals surface area (Å²) in [6, 6.07) is 11.6. The smallest absolute Gasteiger partial charge is 0.326 e. The van der Waals surface area contributed by atoms with E-state index in [1.54, 1.807) is 38.1 Å². The van der Waals surface area contributed by atoms with Crippen molar-refractivity contribution in [1.29, 1.82) is 10.5 Å². The molecule has 4 N–H and O–H groups in total. The van der Waals surface area contributed by atoms with Gasteiger partial charge in [0.15, 0.2) is 10.8 Å². The lowest BCUT2D eigenvalue weighted by molar-refractivity contribution is -0.693. The molecule has 1 aliphatic carbocycles. The van der Waals surface area contributed by atoms with Crippen LogP contribution in [0.25, 0.3) is 0 Å². The van der Waals surface area contributed by atoms with Crippen molar-refractivity contribution in [3.63, 3.8) is 0 Å². The van der Waals surface area contributed by atoms with Crippen LogP contribution in [0.5, 0.6) is 0 Å². The number of carbonyl (C=O) groups is 1. The molecule has 2 aliphatic rings. The summed E-state index contributed by atoms with van der Waals surface area (Å²) < 4.78 is 11.7. The van der Waals surface area contributed by atoms with E-state index in [1.165, 1.54) is 6.92 Å². The van der Waals surface area contributed by atoms with Gasteiger partial charge >= 0.3 is 5.91 Å². The van der Waals surface area contributed by atoms with E-state index in [9.17, 15) is 15.3 Å². The van der Waals surface area contributed by atoms with Gasteiger partial charge in [0.2, 0.25) is 5.91 Å². The van der Waals surface area contributed by atoms with E-state index in [2.05, 4.69) is 22.4 Å². The predicted octanol–water partition coefficient (Wildman–Crippen LogP) is -0.0596. The number of fused-ring (bicyclic) bond motifs is 1. The molecule has 1 aromatic rings. The molecule has 8 nitrogen and oxygen atoms in total. The largest absolute Gasteiger partial charge is 0.343 e. The van der Waals surface area contributed by atoms with E-state index < -0.39 is 22.7 Å². The minimum Gasteiger partial charge on any atom is -0.326 e. The van der Waals surface area contributed by atoms with Gasteiger partial charge in [-0.15, -0.1) is 0 Å². The highest BCUT2D eigenvalue weighted by molar-refractivity contribution is 5.95. The zero-order valence-corrected chi connectivity index (χ0v) is 15.5. The summed E-state index contributed by atoms with van der Waals surface area (Å²) in [5.41, 5.74) is 5.00. The van der Waals surface area contributed by atoms with Crippen LogP contribution in [0.3, 0.4) is 0 Å². The van der Waals surface area contributed by atoms with Crippen molar-refractivity contribution in [2.45, 2.75) is 32.6 Å². The molecular weight excluding hydrogens is 346 g/mol. The molecule has 0 saturated heterocycles. The first-order chi connectivity index (χ1) is 12.9. The lowest BCUT2D eigenvalue weighted by atomic mass is 9.93. The molecule has 0 radical (unpaired) electrons. The summed E-state index contributed by atoms with van der Waals surface area (Å²) in [4.78, 5) is 14.1. The zero-order valence-electron chi connectivity index (χ0n) is 15.5. The second-order valence-electron chi connectivity index (χ2n) is 6.60. The molecule has 1 aromatic carbocycles. The molecule has 3 atom stereocenters. The molecule has 3 rings (SSSR count). The first-order valence-corrected chi connectivity index (χ1v) is 8.78. The molecule has 1 heterocycles. The molecular formula is C19H22N5O3+. The second-order valence-corrected chi connectivity index (χ2v) is 6.60. The Morgan fingerprint density at radius 3 is 2.26 bits per heavy atom. The number of nitriles is 2. The summed E-state index contributed by atoms with van der Waals surface area (Å²) in [7, 11) is 0. The highest BCUT2D eigenvalue weighted by Gasteiger charge is 2.97. The molecule has 1 fully saturated rings. The third-order valence-corrected chi connectivity index (χ3v) is 5.26. The number of carbonyl (C=O) groups excluding carboxylic acids is 1. The topological polar surface area (TPSA) is 135 Å². The lowest BCUT2D eigenvalue weighted by Gasteiger charge is -2.29. The molecule has 0 aromatic heterocycles. The molecule has 0 unspecified atom stereocenters. The van der Waals surface area contributed by atoms with Crippen LogP contribution in [-0.2, 0) is 14.3 Å². The van der Waals surface area contributed by atoms with E-state index in [-0.39, 0.29) is 25.0 Å². The number of benzene rings is 1. The number of anilines is 1. The number of nitrogens with one attached hydrogen (secondary N) is 2. The molecule has 1 amide bonds. The maximum absolute atomic E-state index is 11.2. The van der Waals surface area contributed by atoms with Gasteiger partial charge in [0.25, 0.3) is 5.84 Å². The summed E-state index contributed by atoms with van der Waals surface area (Å²) in [5.74, 6) is -2.02. The predicted molar refractivity (Wildman–Crippen MR) is 95.7 cm³/mol. The number of nitrogens with two attached hydrogens (primary N) is 1. The van der Waals surface area contributed by atoms with Gasteiger partial charge in [0.05, 0.1) is 25.4 Å². The van der Waals surface area contributed by atoms with Crippen LogP contribution in [0.15, 0.2) is 24.3 Å². The van der Waals surface area contributed by atoms with Crippen LogP contribution in [0, 0.1) is 33.5 Å². The van der Waals surface area contributed by atoms with Gasteiger partial charge in [-0.1, -0.05) is 12.1 Å². The monoisotopic (exact) mass is 368 g/mol. The Bertz CT molecular complexity index is 876. The number of amides is 1. The number of rotatable bonds is 6. The average molecular weight is 368 g/mol. The Labute approximate surface area is 157 Å². The maximum Gasteiger partial charge on any atom is 0.343 e. The molecule has 1 aliphatic heterocycles. The average Bonchev–Trinajstić information content (AvgIpc) is 3.21. The Morgan fingerprint density at radius 2 is 1.81 bits per heavy atom. The van der Waals surface area contributed by atoms with Crippen LogP contribution < -0.4 is 16.0 Å². The van der Waals surface area contributed by atoms with Crippen molar-refractivity contribution in [2.24, 2.45) is 16.6 Å². The summed E-state index contributed by atoms with van der Waals surface area (Å²) in [6.07, 6.45) is 0. The van der Waals surface area contributed by atoms with Gasteiger partial charge in [-0.3, -0.25) is 10.5 Å². The second kappa shape index (κ2) is 6.34. The quantitative estimate of drug-likeness (QED) is 0.602. The third-order valence-electron chi connectivity index (χ3n) is 5.26. The number of hydrogen-bond donors (Lipinski definition) is 3. The van der Waals surface area contributed by atoms with E-state index in [1.807, 2.05) is 0 Å². The highest BCUT2D eigenvalue weighted by Crippen LogP contribution is 2.78. The summed E-state index contributed by atoms with van der Waals surface area (Å²) in [5, 5.41) is 22.8. The fourth-order valence-corrected chi connectivity index (χ4v) is 4.32. The fourth-order valence-electron chi connectivity index (χ4n) is 4.32. The highest BCUT2D eigenvalue weighted by atomic mass is 16.7. The van der Waals surface area contributed by atoms with Gasteiger partial charge in [-0.05, 0) is 31.5 Å². The minimum absolute atomic E-state index is 0.171. The maximum atomic E-state index is 11.2. The Balaban J connectivity index is 2.10. The van der Waals surface area contributed by atoms with Crippen LogP contribution in [0.4, 0.5) is 5.69 Å². The van der Waals surface area contributed by atoms with Crippen molar-refractivity contribution in [3.05, 3.63) is 29.8 Å². The molecule has 27 heavy (non-hydrogen) atoms. The Hall–Kier alpha value is -2.94. The Kier molecular flexibility index (Phi) is 4.43. The van der Waals surface area contributed by atoms with Crippen LogP contribution >= 0.6 is 0 Å². The van der Waals surface area contributed by atoms with Crippen molar-refractivity contribution in [3.8, 4) is 12.1 Å². The van der Waals surface area contributed by atoms with Crippen molar-refractivity contribution < 1.29 is 19.3 Å². The van der Waals surface area contributed by atoms with Gasteiger partial charge in [-0.2, -0.15) is 10.5 Å². The van der Waals surface area contributed by atoms with Gasteiger partial charge < -0.3 is 14.8 Å². The SMILES string of the molecule is CCOC1(OCC)[NH+]=C(N)[C@@]2(C#N)[C@H](c3ccc(NC(C)=O)cc3)[C@@]12C#N. The zero-order chi connectivity index (χ0) is 19.9. The standard InChI is InChI=1S/C19H21N5O3/c1-4-26-19(27-5-2)18(11-21)15(17(18,10-20)16(22)24-19)13-6-8-14(9-7-13)23-12(3)25/h6-9,15H,4-5H2,1-3H3,(H2,22,24)(H,23,25)/p+1/t15-,17+,18+/m0/s1. The first kappa shape index (κ1) is 18.8. The molecule has 0 bridgehead atoms. The summed E-state index contributed by atoms with van der Waals surface area (Å²) >= 11 is 0. The molecule has 140 valence electrons.